The molecule has 2 aromatic rings. The van der Waals surface area contributed by atoms with Crippen molar-refractivity contribution in [2.75, 3.05) is 17.2 Å². The van der Waals surface area contributed by atoms with Crippen LogP contribution in [0, 0.1) is 11.8 Å². The van der Waals surface area contributed by atoms with Crippen LogP contribution < -0.4 is 21.9 Å². The van der Waals surface area contributed by atoms with E-state index in [4.69, 9.17) is 5.73 Å². The molecule has 3 rings (SSSR count). The summed E-state index contributed by atoms with van der Waals surface area (Å²) in [5.41, 5.74) is 6.08. The molecule has 1 aliphatic rings. The number of anilines is 2. The third-order valence-electron chi connectivity index (χ3n) is 5.32. The summed E-state index contributed by atoms with van der Waals surface area (Å²) in [5, 5.41) is 0. The van der Waals surface area contributed by atoms with E-state index in [0.29, 0.717) is 12.5 Å². The third-order valence-corrected chi connectivity index (χ3v) is 5.32. The summed E-state index contributed by atoms with van der Waals surface area (Å²) < 4.78 is 1.32. The Morgan fingerprint density at radius 2 is 1.93 bits per heavy atom. The van der Waals surface area contributed by atoms with Crippen LogP contribution in [-0.4, -0.2) is 22.0 Å². The molecular formula is C21H28N4O3. The zero-order chi connectivity index (χ0) is 20.3. The number of carbonyl (C=O) groups is 1. The number of hydrogen-bond donors (Lipinski definition) is 2. The number of aromatic nitrogens is 2. The largest absolute Gasteiger partial charge is 0.383 e. The van der Waals surface area contributed by atoms with Gasteiger partial charge in [-0.1, -0.05) is 50.6 Å². The van der Waals surface area contributed by atoms with Crippen LogP contribution in [0.15, 0.2) is 39.9 Å². The summed E-state index contributed by atoms with van der Waals surface area (Å²) >= 11 is 0. The molecule has 1 heterocycles. The number of nitrogens with zero attached hydrogens (tertiary/aromatic N) is 2. The molecule has 3 N–H and O–H groups in total. The van der Waals surface area contributed by atoms with Crippen molar-refractivity contribution >= 4 is 17.4 Å². The van der Waals surface area contributed by atoms with E-state index in [2.05, 4.69) is 18.8 Å². The lowest BCUT2D eigenvalue weighted by Crippen LogP contribution is -2.45. The average molecular weight is 384 g/mol. The number of benzene rings is 1. The highest BCUT2D eigenvalue weighted by molar-refractivity contribution is 5.97. The van der Waals surface area contributed by atoms with Crippen LogP contribution in [0.4, 0.5) is 11.5 Å². The van der Waals surface area contributed by atoms with E-state index in [0.717, 1.165) is 31.2 Å². The van der Waals surface area contributed by atoms with Gasteiger partial charge in [0.1, 0.15) is 5.82 Å². The highest BCUT2D eigenvalue weighted by Gasteiger charge is 2.33. The minimum atomic E-state index is -0.608. The molecule has 1 aliphatic carbocycles. The Balaban J connectivity index is 2.03. The molecule has 1 fully saturated rings. The van der Waals surface area contributed by atoms with Crippen LogP contribution >= 0.6 is 0 Å². The number of carbonyl (C=O) groups excluding carboxylic acids is 1. The molecule has 0 radical (unpaired) electrons. The van der Waals surface area contributed by atoms with E-state index in [-0.39, 0.29) is 29.9 Å². The Kier molecular flexibility index (Phi) is 6.02. The predicted molar refractivity (Wildman–Crippen MR) is 110 cm³/mol. The van der Waals surface area contributed by atoms with Gasteiger partial charge in [-0.3, -0.25) is 19.1 Å². The fourth-order valence-corrected chi connectivity index (χ4v) is 3.36. The molecule has 28 heavy (non-hydrogen) atoms. The number of nitrogens with two attached hydrogens (primary N) is 1. The van der Waals surface area contributed by atoms with Crippen LogP contribution in [0.1, 0.15) is 45.1 Å². The minimum Gasteiger partial charge on any atom is -0.383 e. The normalized spacial score (nSPS) is 14.1. The summed E-state index contributed by atoms with van der Waals surface area (Å²) in [6.45, 7) is 4.76. The van der Waals surface area contributed by atoms with Gasteiger partial charge in [0, 0.05) is 12.5 Å². The molecule has 0 aliphatic heterocycles. The lowest BCUT2D eigenvalue weighted by Gasteiger charge is -2.32. The second kappa shape index (κ2) is 8.46. The van der Waals surface area contributed by atoms with Crippen molar-refractivity contribution in [2.45, 2.75) is 46.1 Å². The van der Waals surface area contributed by atoms with Gasteiger partial charge < -0.3 is 10.6 Å². The van der Waals surface area contributed by atoms with E-state index in [1.54, 1.807) is 0 Å². The van der Waals surface area contributed by atoms with E-state index in [1.165, 1.54) is 9.47 Å². The zero-order valence-corrected chi connectivity index (χ0v) is 16.5. The van der Waals surface area contributed by atoms with Crippen LogP contribution in [0.25, 0.3) is 0 Å². The zero-order valence-electron chi connectivity index (χ0n) is 16.5. The number of aromatic amines is 1. The maximum Gasteiger partial charge on any atom is 0.330 e. The molecule has 0 saturated heterocycles. The first-order chi connectivity index (χ1) is 13.4. The first-order valence-electron chi connectivity index (χ1n) is 9.86. The van der Waals surface area contributed by atoms with Gasteiger partial charge in [0.25, 0.3) is 5.56 Å². The number of rotatable bonds is 7. The molecule has 0 bridgehead atoms. The number of nitrogen functional groups attached to an aromatic ring is 1. The molecule has 0 unspecified atom stereocenters. The Morgan fingerprint density at radius 3 is 2.50 bits per heavy atom. The highest BCUT2D eigenvalue weighted by Crippen LogP contribution is 2.31. The number of nitrogens with one attached hydrogen (secondary N) is 1. The predicted octanol–water partition coefficient (Wildman–Crippen LogP) is 2.35. The topological polar surface area (TPSA) is 101 Å². The molecule has 1 saturated carbocycles. The standard InChI is InChI=1S/C21H28N4O3/c1-14(2)11-12-24(20(27)16-9-6-10-16)17-18(22)25(21(28)23-19(17)26)13-15-7-4-3-5-8-15/h3-5,7-8,14,16H,6,9-13,22H2,1-2H3,(H,23,26,28). The lowest BCUT2D eigenvalue weighted by atomic mass is 9.84. The molecule has 1 aromatic carbocycles. The van der Waals surface area contributed by atoms with E-state index in [1.807, 2.05) is 30.3 Å². The SMILES string of the molecule is CC(C)CCN(C(=O)C1CCC1)c1c(N)n(Cc2ccccc2)c(=O)[nH]c1=O. The van der Waals surface area contributed by atoms with Crippen molar-refractivity contribution in [3.05, 3.63) is 56.7 Å². The van der Waals surface area contributed by atoms with Crippen molar-refractivity contribution in [3.8, 4) is 0 Å². The summed E-state index contributed by atoms with van der Waals surface area (Å²) in [6.07, 6.45) is 3.43. The maximum atomic E-state index is 13.0. The summed E-state index contributed by atoms with van der Waals surface area (Å²) in [5.74, 6) is 0.260. The van der Waals surface area contributed by atoms with Crippen LogP contribution in [0.3, 0.4) is 0 Å². The quantitative estimate of drug-likeness (QED) is 0.765. The number of H-pyrrole nitrogens is 1. The van der Waals surface area contributed by atoms with Crippen LogP contribution in [0.5, 0.6) is 0 Å². The van der Waals surface area contributed by atoms with Crippen molar-refractivity contribution < 1.29 is 4.79 Å². The van der Waals surface area contributed by atoms with Crippen molar-refractivity contribution in [2.24, 2.45) is 11.8 Å². The maximum absolute atomic E-state index is 13.0. The first-order valence-corrected chi connectivity index (χ1v) is 9.86. The van der Waals surface area contributed by atoms with Crippen molar-refractivity contribution in [1.82, 2.24) is 9.55 Å². The van der Waals surface area contributed by atoms with Gasteiger partial charge in [0.2, 0.25) is 5.91 Å². The third kappa shape index (κ3) is 4.18. The van der Waals surface area contributed by atoms with Crippen LogP contribution in [0.2, 0.25) is 0 Å². The second-order valence-corrected chi connectivity index (χ2v) is 7.87. The molecule has 150 valence electrons. The molecule has 1 aromatic heterocycles. The molecule has 0 atom stereocenters. The van der Waals surface area contributed by atoms with Gasteiger partial charge in [-0.25, -0.2) is 4.79 Å². The van der Waals surface area contributed by atoms with E-state index < -0.39 is 11.2 Å². The second-order valence-electron chi connectivity index (χ2n) is 7.87. The number of amides is 1. The Bertz CT molecular complexity index is 942. The fourth-order valence-electron chi connectivity index (χ4n) is 3.36. The first kappa shape index (κ1) is 19.9. The van der Waals surface area contributed by atoms with Crippen molar-refractivity contribution in [1.29, 1.82) is 0 Å². The monoisotopic (exact) mass is 384 g/mol. The van der Waals surface area contributed by atoms with Gasteiger partial charge in [-0.15, -0.1) is 0 Å². The summed E-state index contributed by atoms with van der Waals surface area (Å²) in [7, 11) is 0. The van der Waals surface area contributed by atoms with Gasteiger partial charge >= 0.3 is 5.69 Å². The van der Waals surface area contributed by atoms with Gasteiger partial charge in [-0.2, -0.15) is 0 Å². The Labute approximate surface area is 164 Å². The fraction of sp³-hybridized carbons (Fsp3) is 0.476. The Morgan fingerprint density at radius 1 is 1.25 bits per heavy atom. The van der Waals surface area contributed by atoms with Crippen molar-refractivity contribution in [3.63, 3.8) is 0 Å². The van der Waals surface area contributed by atoms with Gasteiger partial charge in [-0.05, 0) is 30.7 Å². The smallest absolute Gasteiger partial charge is 0.330 e. The van der Waals surface area contributed by atoms with E-state index >= 15 is 0 Å². The number of hydrogen-bond acceptors (Lipinski definition) is 4. The highest BCUT2D eigenvalue weighted by atomic mass is 16.2. The summed E-state index contributed by atoms with van der Waals surface area (Å²) in [6, 6.07) is 9.40. The molecular weight excluding hydrogens is 356 g/mol. The minimum absolute atomic E-state index is 0.0361. The molecule has 1 amide bonds. The molecule has 7 heteroatoms. The summed E-state index contributed by atoms with van der Waals surface area (Å²) in [4.78, 5) is 41.9. The van der Waals surface area contributed by atoms with Crippen LogP contribution in [-0.2, 0) is 11.3 Å². The van der Waals surface area contributed by atoms with Gasteiger partial charge in [0.15, 0.2) is 5.69 Å². The van der Waals surface area contributed by atoms with Gasteiger partial charge in [0.05, 0.1) is 6.54 Å². The Hall–Kier alpha value is -2.83. The average Bonchev–Trinajstić information content (AvgIpc) is 2.60. The molecule has 7 nitrogen and oxygen atoms in total. The van der Waals surface area contributed by atoms with E-state index in [9.17, 15) is 14.4 Å². The lowest BCUT2D eigenvalue weighted by molar-refractivity contribution is -0.124. The molecule has 0 spiro atoms.